The molecule has 0 spiro atoms. The van der Waals surface area contributed by atoms with Gasteiger partial charge in [0, 0.05) is 13.7 Å². The highest BCUT2D eigenvalue weighted by Crippen LogP contribution is 2.04. The summed E-state index contributed by atoms with van der Waals surface area (Å²) in [5.41, 5.74) is 0.736. The van der Waals surface area contributed by atoms with E-state index in [0.29, 0.717) is 0 Å². The molecule has 0 aliphatic heterocycles. The van der Waals surface area contributed by atoms with E-state index in [2.05, 4.69) is 9.44 Å². The van der Waals surface area contributed by atoms with E-state index in [1.807, 2.05) is 0 Å². The summed E-state index contributed by atoms with van der Waals surface area (Å²) in [5, 5.41) is 9.09. The fraction of sp³-hybridized carbons (Fsp3) is 0.417. The highest BCUT2D eigenvalue weighted by Gasteiger charge is 2.23. The second kappa shape index (κ2) is 7.95. The molecule has 1 rings (SSSR count). The molecule has 0 fully saturated rings. The van der Waals surface area contributed by atoms with E-state index >= 15 is 0 Å². The van der Waals surface area contributed by atoms with Crippen molar-refractivity contribution in [3.05, 3.63) is 35.9 Å². The van der Waals surface area contributed by atoms with E-state index in [4.69, 9.17) is 9.84 Å². The van der Waals surface area contributed by atoms with Crippen molar-refractivity contribution in [2.45, 2.75) is 12.5 Å². The van der Waals surface area contributed by atoms with Gasteiger partial charge in [0.1, 0.15) is 6.04 Å². The highest BCUT2D eigenvalue weighted by atomic mass is 32.2. The van der Waals surface area contributed by atoms with Crippen LogP contribution < -0.4 is 9.44 Å². The van der Waals surface area contributed by atoms with Crippen LogP contribution in [0.25, 0.3) is 0 Å². The summed E-state index contributed by atoms with van der Waals surface area (Å²) in [6.45, 7) is 0.279. The molecule has 1 aromatic carbocycles. The fourth-order valence-corrected chi connectivity index (χ4v) is 2.53. The molecule has 0 saturated heterocycles. The third-order valence-electron chi connectivity index (χ3n) is 2.48. The molecule has 0 aliphatic carbocycles. The Morgan fingerprint density at radius 3 is 2.55 bits per heavy atom. The zero-order chi connectivity index (χ0) is 15.0. The van der Waals surface area contributed by atoms with Gasteiger partial charge < -0.3 is 9.84 Å². The Labute approximate surface area is 118 Å². The second-order valence-electron chi connectivity index (χ2n) is 4.09. The minimum absolute atomic E-state index is 0.0708. The number of rotatable bonds is 9. The van der Waals surface area contributed by atoms with E-state index in [-0.39, 0.29) is 19.6 Å². The first-order valence-corrected chi connectivity index (χ1v) is 7.45. The predicted molar refractivity (Wildman–Crippen MR) is 73.5 cm³/mol. The van der Waals surface area contributed by atoms with Crippen molar-refractivity contribution in [2.75, 3.05) is 20.3 Å². The molecule has 7 nitrogen and oxygen atoms in total. The summed E-state index contributed by atoms with van der Waals surface area (Å²) in [5.74, 6) is -1.23. The standard InChI is InChI=1S/C12H18N2O5S/c1-19-8-7-13-20(17,18)14-11(12(15)16)9-10-5-3-2-4-6-10/h2-6,11,13-14H,7-9H2,1H3,(H,15,16)/t11-/m1/s1. The van der Waals surface area contributed by atoms with E-state index in [9.17, 15) is 13.2 Å². The summed E-state index contributed by atoms with van der Waals surface area (Å²) >= 11 is 0. The van der Waals surface area contributed by atoms with Crippen LogP contribution in [-0.2, 0) is 26.2 Å². The fourth-order valence-electron chi connectivity index (χ4n) is 1.54. The molecule has 0 unspecified atom stereocenters. The van der Waals surface area contributed by atoms with Gasteiger partial charge in [-0.1, -0.05) is 30.3 Å². The molecule has 0 aliphatic rings. The van der Waals surface area contributed by atoms with Gasteiger partial charge in [0.15, 0.2) is 0 Å². The lowest BCUT2D eigenvalue weighted by Crippen LogP contribution is -2.48. The Morgan fingerprint density at radius 1 is 1.35 bits per heavy atom. The molecule has 1 atom stereocenters. The number of ether oxygens (including phenoxy) is 1. The molecule has 8 heteroatoms. The number of nitrogens with one attached hydrogen (secondary N) is 2. The van der Waals surface area contributed by atoms with Crippen molar-refractivity contribution in [3.63, 3.8) is 0 Å². The van der Waals surface area contributed by atoms with Crippen LogP contribution in [0.5, 0.6) is 0 Å². The van der Waals surface area contributed by atoms with Crippen molar-refractivity contribution in [2.24, 2.45) is 0 Å². The molecule has 0 radical (unpaired) electrons. The number of hydrogen-bond donors (Lipinski definition) is 3. The Hall–Kier alpha value is -1.48. The molecule has 20 heavy (non-hydrogen) atoms. The Bertz CT molecular complexity index is 518. The zero-order valence-corrected chi connectivity index (χ0v) is 11.9. The van der Waals surface area contributed by atoms with E-state index in [1.54, 1.807) is 30.3 Å². The SMILES string of the molecule is COCCNS(=O)(=O)N[C@H](Cc1ccccc1)C(=O)O. The first-order chi connectivity index (χ1) is 9.44. The third-order valence-corrected chi connectivity index (χ3v) is 3.66. The van der Waals surface area contributed by atoms with Gasteiger partial charge in [0.25, 0.3) is 10.2 Å². The lowest BCUT2D eigenvalue weighted by molar-refractivity contribution is -0.138. The van der Waals surface area contributed by atoms with Crippen LogP contribution in [0.15, 0.2) is 30.3 Å². The van der Waals surface area contributed by atoms with Crippen LogP contribution in [0.2, 0.25) is 0 Å². The van der Waals surface area contributed by atoms with Gasteiger partial charge in [-0.05, 0) is 12.0 Å². The summed E-state index contributed by atoms with van der Waals surface area (Å²) in [7, 11) is -2.44. The molecular weight excluding hydrogens is 284 g/mol. The quantitative estimate of drug-likeness (QED) is 0.546. The topological polar surface area (TPSA) is 105 Å². The minimum Gasteiger partial charge on any atom is -0.480 e. The molecule has 0 bridgehead atoms. The van der Waals surface area contributed by atoms with Crippen molar-refractivity contribution in [1.82, 2.24) is 9.44 Å². The summed E-state index contributed by atoms with van der Waals surface area (Å²) < 4.78 is 32.4. The Kier molecular flexibility index (Phi) is 6.59. The molecular formula is C12H18N2O5S. The van der Waals surface area contributed by atoms with Gasteiger partial charge in [0.05, 0.1) is 6.61 Å². The van der Waals surface area contributed by atoms with Gasteiger partial charge in [-0.25, -0.2) is 0 Å². The number of benzene rings is 1. The van der Waals surface area contributed by atoms with E-state index < -0.39 is 22.2 Å². The number of carboxylic acids is 1. The smallest absolute Gasteiger partial charge is 0.322 e. The minimum atomic E-state index is -3.88. The van der Waals surface area contributed by atoms with Gasteiger partial charge in [-0.15, -0.1) is 0 Å². The van der Waals surface area contributed by atoms with Gasteiger partial charge in [-0.2, -0.15) is 17.9 Å². The monoisotopic (exact) mass is 302 g/mol. The van der Waals surface area contributed by atoms with Gasteiger partial charge in [0.2, 0.25) is 0 Å². The first kappa shape index (κ1) is 16.6. The predicted octanol–water partition coefficient (Wildman–Crippen LogP) is -0.247. The maximum atomic E-state index is 11.7. The van der Waals surface area contributed by atoms with Crippen LogP contribution in [0, 0.1) is 0 Å². The van der Waals surface area contributed by atoms with Crippen molar-refractivity contribution < 1.29 is 23.1 Å². The van der Waals surface area contributed by atoms with E-state index in [0.717, 1.165) is 5.56 Å². The van der Waals surface area contributed by atoms with Crippen LogP contribution >= 0.6 is 0 Å². The lowest BCUT2D eigenvalue weighted by atomic mass is 10.1. The van der Waals surface area contributed by atoms with Crippen LogP contribution in [0.1, 0.15) is 5.56 Å². The summed E-state index contributed by atoms with van der Waals surface area (Å²) in [4.78, 5) is 11.1. The average Bonchev–Trinajstić information content (AvgIpc) is 2.39. The maximum absolute atomic E-state index is 11.7. The molecule has 0 heterocycles. The molecule has 1 aromatic rings. The molecule has 112 valence electrons. The number of carboxylic acid groups (broad SMARTS) is 1. The van der Waals surface area contributed by atoms with Gasteiger partial charge in [-0.3, -0.25) is 4.79 Å². The largest absolute Gasteiger partial charge is 0.480 e. The number of methoxy groups -OCH3 is 1. The lowest BCUT2D eigenvalue weighted by Gasteiger charge is -2.15. The summed E-state index contributed by atoms with van der Waals surface area (Å²) in [6.07, 6.45) is 0.0708. The van der Waals surface area contributed by atoms with Crippen LogP contribution in [0.4, 0.5) is 0 Å². The molecule has 0 saturated carbocycles. The van der Waals surface area contributed by atoms with Crippen LogP contribution in [0.3, 0.4) is 0 Å². The van der Waals surface area contributed by atoms with Crippen molar-refractivity contribution >= 4 is 16.2 Å². The van der Waals surface area contributed by atoms with Crippen molar-refractivity contribution in [1.29, 1.82) is 0 Å². The second-order valence-corrected chi connectivity index (χ2v) is 5.62. The van der Waals surface area contributed by atoms with Crippen LogP contribution in [-0.4, -0.2) is 45.8 Å². The zero-order valence-electron chi connectivity index (χ0n) is 11.1. The highest BCUT2D eigenvalue weighted by molar-refractivity contribution is 7.87. The van der Waals surface area contributed by atoms with Gasteiger partial charge >= 0.3 is 5.97 Å². The third kappa shape index (κ3) is 6.11. The summed E-state index contributed by atoms with van der Waals surface area (Å²) in [6, 6.07) is 7.58. The maximum Gasteiger partial charge on any atom is 0.322 e. The molecule has 0 amide bonds. The molecule has 0 aromatic heterocycles. The van der Waals surface area contributed by atoms with E-state index in [1.165, 1.54) is 7.11 Å². The first-order valence-electron chi connectivity index (χ1n) is 5.97. The average molecular weight is 302 g/mol. The Morgan fingerprint density at radius 2 is 2.00 bits per heavy atom. The number of hydrogen-bond acceptors (Lipinski definition) is 4. The van der Waals surface area contributed by atoms with Crippen molar-refractivity contribution in [3.8, 4) is 0 Å². The number of carbonyl (C=O) groups is 1. The Balaban J connectivity index is 2.65. The normalized spacial score (nSPS) is 13.1. The molecule has 3 N–H and O–H groups in total. The number of aliphatic carboxylic acids is 1.